The number of rotatable bonds is 8. The van der Waals surface area contributed by atoms with Gasteiger partial charge in [0, 0.05) is 12.8 Å². The van der Waals surface area contributed by atoms with Crippen LogP contribution in [-0.2, 0) is 13.6 Å². The number of ether oxygens (including phenoxy) is 1. The summed E-state index contributed by atoms with van der Waals surface area (Å²) in [4.78, 5) is 31.1. The second kappa shape index (κ2) is 8.66. The number of H-pyrrole nitrogens is 1. The quantitative estimate of drug-likeness (QED) is 0.554. The largest absolute Gasteiger partial charge is 0.491 e. The minimum absolute atomic E-state index is 0.0755. The van der Waals surface area contributed by atoms with E-state index in [1.165, 1.54) is 16.3 Å². The second-order valence-corrected chi connectivity index (χ2v) is 7.64. The minimum atomic E-state index is -0.852. The molecule has 9 heteroatoms. The molecule has 0 aliphatic heterocycles. The Morgan fingerprint density at radius 3 is 2.79 bits per heavy atom. The summed E-state index contributed by atoms with van der Waals surface area (Å²) in [6.07, 6.45) is 0.0804. The number of hydrogen-bond acceptors (Lipinski definition) is 6. The van der Waals surface area contributed by atoms with E-state index in [9.17, 15) is 14.7 Å². The Morgan fingerprint density at radius 2 is 2.07 bits per heavy atom. The summed E-state index contributed by atoms with van der Waals surface area (Å²) >= 11 is 1.49. The molecule has 3 aromatic rings. The number of nitrogens with one attached hydrogen (secondary N) is 1. The van der Waals surface area contributed by atoms with Gasteiger partial charge in [-0.05, 0) is 25.0 Å². The monoisotopic (exact) mass is 404 g/mol. The minimum Gasteiger partial charge on any atom is -0.491 e. The SMILES string of the molecule is CCCSc1nc2c(c(=O)[nH]c(=O)n2C)n1C[C@@H](O)COc1ccccc1C. The zero-order valence-electron chi connectivity index (χ0n) is 16.1. The van der Waals surface area contributed by atoms with Crippen molar-refractivity contribution in [2.45, 2.75) is 38.1 Å². The standard InChI is InChI=1S/C19H24N4O4S/c1-4-9-28-19-20-16-15(17(25)21-18(26)22(16)3)23(19)10-13(24)11-27-14-8-6-5-7-12(14)2/h5-8,13,24H,4,9-11H2,1-3H3,(H,21,25,26)/t13-/m1/s1. The summed E-state index contributed by atoms with van der Waals surface area (Å²) in [6, 6.07) is 7.57. The van der Waals surface area contributed by atoms with Gasteiger partial charge >= 0.3 is 5.69 Å². The van der Waals surface area contributed by atoms with E-state index in [1.54, 1.807) is 11.6 Å². The van der Waals surface area contributed by atoms with Crippen molar-refractivity contribution in [3.63, 3.8) is 0 Å². The van der Waals surface area contributed by atoms with Crippen LogP contribution in [0.15, 0.2) is 39.0 Å². The fourth-order valence-electron chi connectivity index (χ4n) is 2.86. The molecule has 0 radical (unpaired) electrons. The van der Waals surface area contributed by atoms with Crippen LogP contribution in [0.1, 0.15) is 18.9 Å². The van der Waals surface area contributed by atoms with E-state index in [4.69, 9.17) is 4.74 Å². The van der Waals surface area contributed by atoms with E-state index < -0.39 is 17.4 Å². The zero-order chi connectivity index (χ0) is 20.3. The van der Waals surface area contributed by atoms with E-state index in [0.717, 1.165) is 17.7 Å². The van der Waals surface area contributed by atoms with E-state index in [-0.39, 0.29) is 18.7 Å². The molecule has 150 valence electrons. The molecule has 2 N–H and O–H groups in total. The normalized spacial score (nSPS) is 12.4. The first kappa shape index (κ1) is 20.2. The molecule has 0 aliphatic rings. The van der Waals surface area contributed by atoms with Crippen molar-refractivity contribution in [3.05, 3.63) is 50.7 Å². The van der Waals surface area contributed by atoms with Gasteiger partial charge in [0.2, 0.25) is 0 Å². The number of aryl methyl sites for hydroxylation is 2. The van der Waals surface area contributed by atoms with Gasteiger partial charge < -0.3 is 14.4 Å². The molecule has 0 unspecified atom stereocenters. The van der Waals surface area contributed by atoms with Gasteiger partial charge in [-0.1, -0.05) is 36.9 Å². The molecule has 0 saturated carbocycles. The number of aromatic amines is 1. The van der Waals surface area contributed by atoms with Crippen molar-refractivity contribution in [2.24, 2.45) is 7.05 Å². The molecule has 1 aromatic carbocycles. The zero-order valence-corrected chi connectivity index (χ0v) is 17.0. The van der Waals surface area contributed by atoms with E-state index >= 15 is 0 Å². The maximum atomic E-state index is 12.4. The molecular weight excluding hydrogens is 380 g/mol. The molecule has 0 bridgehead atoms. The first-order valence-corrected chi connectivity index (χ1v) is 10.1. The Labute approximate surface area is 166 Å². The Hall–Kier alpha value is -2.52. The summed E-state index contributed by atoms with van der Waals surface area (Å²) in [5, 5.41) is 11.1. The van der Waals surface area contributed by atoms with Crippen LogP contribution in [0.2, 0.25) is 0 Å². The summed E-state index contributed by atoms with van der Waals surface area (Å²) in [7, 11) is 1.56. The first-order valence-electron chi connectivity index (χ1n) is 9.11. The second-order valence-electron chi connectivity index (χ2n) is 6.57. The van der Waals surface area contributed by atoms with Gasteiger partial charge in [0.15, 0.2) is 16.3 Å². The summed E-state index contributed by atoms with van der Waals surface area (Å²) in [5.41, 5.74) is 0.530. The Kier molecular flexibility index (Phi) is 6.25. The average molecular weight is 404 g/mol. The van der Waals surface area contributed by atoms with E-state index in [2.05, 4.69) is 9.97 Å². The highest BCUT2D eigenvalue weighted by atomic mass is 32.2. The molecule has 0 saturated heterocycles. The smallest absolute Gasteiger partial charge is 0.329 e. The average Bonchev–Trinajstić information content (AvgIpc) is 3.02. The molecule has 3 rings (SSSR count). The summed E-state index contributed by atoms with van der Waals surface area (Å²) in [6.45, 7) is 4.19. The number of hydrogen-bond donors (Lipinski definition) is 2. The Morgan fingerprint density at radius 1 is 1.32 bits per heavy atom. The molecule has 0 spiro atoms. The molecular formula is C19H24N4O4S. The molecule has 0 fully saturated rings. The number of nitrogens with zero attached hydrogens (tertiary/aromatic N) is 3. The number of fused-ring (bicyclic) bond motifs is 1. The van der Waals surface area contributed by atoms with E-state index in [0.29, 0.717) is 16.6 Å². The third-order valence-electron chi connectivity index (χ3n) is 4.33. The third-order valence-corrected chi connectivity index (χ3v) is 5.51. The van der Waals surface area contributed by atoms with Gasteiger partial charge in [0.05, 0.1) is 6.54 Å². The molecule has 8 nitrogen and oxygen atoms in total. The topological polar surface area (TPSA) is 102 Å². The van der Waals surface area contributed by atoms with Crippen molar-refractivity contribution in [1.29, 1.82) is 0 Å². The van der Waals surface area contributed by atoms with Crippen LogP contribution in [0.25, 0.3) is 11.2 Å². The van der Waals surface area contributed by atoms with Crippen molar-refractivity contribution < 1.29 is 9.84 Å². The molecule has 0 aliphatic carbocycles. The van der Waals surface area contributed by atoms with Crippen LogP contribution < -0.4 is 16.0 Å². The van der Waals surface area contributed by atoms with Crippen molar-refractivity contribution in [3.8, 4) is 5.75 Å². The van der Waals surface area contributed by atoms with Crippen LogP contribution in [0.4, 0.5) is 0 Å². The number of aliphatic hydroxyl groups is 1. The molecule has 2 heterocycles. The van der Waals surface area contributed by atoms with Crippen molar-refractivity contribution >= 4 is 22.9 Å². The van der Waals surface area contributed by atoms with Gasteiger partial charge in [-0.2, -0.15) is 0 Å². The Bertz CT molecular complexity index is 1090. The summed E-state index contributed by atoms with van der Waals surface area (Å²) < 4.78 is 8.69. The van der Waals surface area contributed by atoms with Crippen LogP contribution in [-0.4, -0.2) is 42.7 Å². The van der Waals surface area contributed by atoms with Crippen LogP contribution >= 0.6 is 11.8 Å². The summed E-state index contributed by atoms with van der Waals surface area (Å²) in [5.74, 6) is 1.52. The lowest BCUT2D eigenvalue weighted by Crippen LogP contribution is -2.30. The fourth-order valence-corrected chi connectivity index (χ4v) is 3.71. The maximum Gasteiger partial charge on any atom is 0.329 e. The highest BCUT2D eigenvalue weighted by Gasteiger charge is 2.20. The Balaban J connectivity index is 1.90. The van der Waals surface area contributed by atoms with Gasteiger partial charge in [-0.3, -0.25) is 14.3 Å². The van der Waals surface area contributed by atoms with Crippen LogP contribution in [0.3, 0.4) is 0 Å². The highest BCUT2D eigenvalue weighted by molar-refractivity contribution is 7.99. The number of para-hydroxylation sites is 1. The molecule has 1 atom stereocenters. The number of benzene rings is 1. The predicted molar refractivity (Wildman–Crippen MR) is 109 cm³/mol. The third kappa shape index (κ3) is 4.15. The van der Waals surface area contributed by atoms with Gasteiger partial charge in [0.1, 0.15) is 18.5 Å². The highest BCUT2D eigenvalue weighted by Crippen LogP contribution is 2.23. The maximum absolute atomic E-state index is 12.4. The van der Waals surface area contributed by atoms with Crippen molar-refractivity contribution in [2.75, 3.05) is 12.4 Å². The fraction of sp³-hybridized carbons (Fsp3) is 0.421. The predicted octanol–water partition coefficient (Wildman–Crippen LogP) is 1.67. The molecule has 28 heavy (non-hydrogen) atoms. The number of imidazole rings is 1. The lowest BCUT2D eigenvalue weighted by atomic mass is 10.2. The van der Waals surface area contributed by atoms with Gasteiger partial charge in [-0.15, -0.1) is 0 Å². The molecule has 0 amide bonds. The lowest BCUT2D eigenvalue weighted by molar-refractivity contribution is 0.0910. The van der Waals surface area contributed by atoms with Gasteiger partial charge in [-0.25, -0.2) is 9.78 Å². The van der Waals surface area contributed by atoms with Crippen LogP contribution in [0.5, 0.6) is 5.75 Å². The van der Waals surface area contributed by atoms with E-state index in [1.807, 2.05) is 38.1 Å². The lowest BCUT2D eigenvalue weighted by Gasteiger charge is -2.16. The van der Waals surface area contributed by atoms with Crippen LogP contribution in [0, 0.1) is 6.92 Å². The molecule has 2 aromatic heterocycles. The first-order chi connectivity index (χ1) is 13.4. The van der Waals surface area contributed by atoms with Gasteiger partial charge in [0.25, 0.3) is 5.56 Å². The van der Waals surface area contributed by atoms with Crippen molar-refractivity contribution in [1.82, 2.24) is 19.1 Å². The number of thioether (sulfide) groups is 1. The number of aliphatic hydroxyl groups excluding tert-OH is 1. The number of aromatic nitrogens is 4.